The number of aliphatic hydroxyl groups is 1. The van der Waals surface area contributed by atoms with E-state index in [0.29, 0.717) is 24.6 Å². The molecular formula is C26H33N5O4S. The van der Waals surface area contributed by atoms with Crippen molar-refractivity contribution in [3.63, 3.8) is 0 Å². The number of hydrogen-bond donors (Lipinski definition) is 1. The summed E-state index contributed by atoms with van der Waals surface area (Å²) in [5.41, 5.74) is 3.80. The summed E-state index contributed by atoms with van der Waals surface area (Å²) in [6.07, 6.45) is 4.67. The van der Waals surface area contributed by atoms with Crippen LogP contribution in [0.25, 0.3) is 22.4 Å². The second kappa shape index (κ2) is 11.1. The summed E-state index contributed by atoms with van der Waals surface area (Å²) in [6.45, 7) is 9.98. The van der Waals surface area contributed by atoms with Gasteiger partial charge in [-0.3, -0.25) is 14.4 Å². The van der Waals surface area contributed by atoms with E-state index < -0.39 is 0 Å². The van der Waals surface area contributed by atoms with Crippen LogP contribution in [0.3, 0.4) is 0 Å². The predicted molar refractivity (Wildman–Crippen MR) is 138 cm³/mol. The van der Waals surface area contributed by atoms with E-state index in [1.807, 2.05) is 36.9 Å². The van der Waals surface area contributed by atoms with Crippen molar-refractivity contribution in [2.75, 3.05) is 52.6 Å². The van der Waals surface area contributed by atoms with Crippen molar-refractivity contribution in [1.82, 2.24) is 24.6 Å². The first-order valence-corrected chi connectivity index (χ1v) is 13.4. The van der Waals surface area contributed by atoms with Crippen molar-refractivity contribution >= 4 is 17.2 Å². The fraction of sp³-hybridized carbons (Fsp3) is 0.500. The van der Waals surface area contributed by atoms with E-state index in [1.165, 1.54) is 11.3 Å². The van der Waals surface area contributed by atoms with E-state index in [-0.39, 0.29) is 18.6 Å². The Bertz CT molecular complexity index is 1200. The fourth-order valence-electron chi connectivity index (χ4n) is 4.62. The van der Waals surface area contributed by atoms with Gasteiger partial charge in [-0.25, -0.2) is 4.98 Å². The Morgan fingerprint density at radius 2 is 2.03 bits per heavy atom. The third kappa shape index (κ3) is 5.31. The van der Waals surface area contributed by atoms with Crippen LogP contribution < -0.4 is 4.74 Å². The topological polar surface area (TPSA) is 92.9 Å². The number of ether oxygens (including phenoxy) is 2. The lowest BCUT2D eigenvalue weighted by Gasteiger charge is -2.26. The molecule has 1 aromatic carbocycles. The predicted octanol–water partition coefficient (Wildman–Crippen LogP) is 2.78. The molecule has 5 rings (SSSR count). The van der Waals surface area contributed by atoms with Crippen molar-refractivity contribution in [2.24, 2.45) is 0 Å². The molecule has 9 nitrogen and oxygen atoms in total. The van der Waals surface area contributed by atoms with Crippen LogP contribution in [0.15, 0.2) is 30.6 Å². The Labute approximate surface area is 215 Å². The highest BCUT2D eigenvalue weighted by Gasteiger charge is 2.27. The van der Waals surface area contributed by atoms with Gasteiger partial charge in [0, 0.05) is 60.8 Å². The third-order valence-corrected chi connectivity index (χ3v) is 7.75. The standard InChI is InChI=1S/C26H33N5O4S/c1-18(2)31(8-11-32)26(33)25-28-24-21-4-3-19(15-22(21)35-12-5-23(24)36-25)20-16-27-30(17-20)7-6-29-9-13-34-14-10-29/h3-4,15-18,32H,5-14H2,1-2H3. The molecular weight excluding hydrogens is 478 g/mol. The van der Waals surface area contributed by atoms with Gasteiger partial charge >= 0.3 is 0 Å². The number of thiazole rings is 1. The van der Waals surface area contributed by atoms with Gasteiger partial charge in [0.1, 0.15) is 5.75 Å². The summed E-state index contributed by atoms with van der Waals surface area (Å²) >= 11 is 1.42. The maximum absolute atomic E-state index is 13.1. The third-order valence-electron chi connectivity index (χ3n) is 6.64. The van der Waals surface area contributed by atoms with Gasteiger partial charge in [-0.1, -0.05) is 6.07 Å². The molecule has 1 N–H and O–H groups in total. The van der Waals surface area contributed by atoms with Gasteiger partial charge < -0.3 is 19.5 Å². The van der Waals surface area contributed by atoms with Crippen LogP contribution in [-0.2, 0) is 17.7 Å². The van der Waals surface area contributed by atoms with Crippen molar-refractivity contribution in [3.05, 3.63) is 40.5 Å². The molecule has 2 aromatic heterocycles. The minimum absolute atomic E-state index is 0.0127. The highest BCUT2D eigenvalue weighted by Crippen LogP contribution is 2.40. The lowest BCUT2D eigenvalue weighted by molar-refractivity contribution is 0.0360. The molecule has 36 heavy (non-hydrogen) atoms. The minimum atomic E-state index is -0.138. The highest BCUT2D eigenvalue weighted by atomic mass is 32.1. The average molecular weight is 512 g/mol. The van der Waals surface area contributed by atoms with E-state index in [1.54, 1.807) is 4.90 Å². The molecule has 1 amide bonds. The molecule has 0 saturated carbocycles. The van der Waals surface area contributed by atoms with Gasteiger partial charge in [0.05, 0.1) is 44.9 Å². The van der Waals surface area contributed by atoms with Gasteiger partial charge in [0.25, 0.3) is 5.91 Å². The van der Waals surface area contributed by atoms with E-state index in [4.69, 9.17) is 14.5 Å². The number of aliphatic hydroxyl groups excluding tert-OH is 1. The fourth-order valence-corrected chi connectivity index (χ4v) is 5.63. The highest BCUT2D eigenvalue weighted by molar-refractivity contribution is 7.14. The molecule has 3 aromatic rings. The molecule has 0 spiro atoms. The molecule has 1 fully saturated rings. The number of carbonyl (C=O) groups excluding carboxylic acids is 1. The van der Waals surface area contributed by atoms with E-state index >= 15 is 0 Å². The lowest BCUT2D eigenvalue weighted by Crippen LogP contribution is -2.38. The van der Waals surface area contributed by atoms with Crippen molar-refractivity contribution in [1.29, 1.82) is 0 Å². The number of carbonyl (C=O) groups is 1. The zero-order valence-electron chi connectivity index (χ0n) is 20.9. The van der Waals surface area contributed by atoms with Gasteiger partial charge in [-0.2, -0.15) is 5.10 Å². The van der Waals surface area contributed by atoms with Crippen LogP contribution in [0.4, 0.5) is 0 Å². The maximum Gasteiger partial charge on any atom is 0.283 e. The Balaban J connectivity index is 1.35. The largest absolute Gasteiger partial charge is 0.492 e. The summed E-state index contributed by atoms with van der Waals surface area (Å²) < 4.78 is 13.5. The SMILES string of the molecule is CC(C)N(CCO)C(=O)c1nc2c(s1)CCOc1cc(-c3cnn(CCN4CCOCC4)c3)ccc1-2. The molecule has 0 unspecified atom stereocenters. The van der Waals surface area contributed by atoms with Crippen LogP contribution in [-0.4, -0.2) is 94.2 Å². The summed E-state index contributed by atoms with van der Waals surface area (Å²) in [7, 11) is 0. The number of morpholine rings is 1. The molecule has 10 heteroatoms. The summed E-state index contributed by atoms with van der Waals surface area (Å²) in [5, 5.41) is 14.4. The maximum atomic E-state index is 13.1. The molecule has 0 radical (unpaired) electrons. The summed E-state index contributed by atoms with van der Waals surface area (Å²) in [6, 6.07) is 6.12. The zero-order chi connectivity index (χ0) is 25.1. The molecule has 0 bridgehead atoms. The number of nitrogens with zero attached hydrogens (tertiary/aromatic N) is 5. The lowest BCUT2D eigenvalue weighted by atomic mass is 10.0. The van der Waals surface area contributed by atoms with Crippen LogP contribution in [0, 0.1) is 0 Å². The smallest absolute Gasteiger partial charge is 0.283 e. The molecule has 4 heterocycles. The van der Waals surface area contributed by atoms with Gasteiger partial charge in [-0.15, -0.1) is 11.3 Å². The van der Waals surface area contributed by atoms with Crippen molar-refractivity contribution in [2.45, 2.75) is 32.9 Å². The van der Waals surface area contributed by atoms with Crippen LogP contribution in [0.5, 0.6) is 5.75 Å². The number of aromatic nitrogens is 3. The van der Waals surface area contributed by atoms with Crippen molar-refractivity contribution in [3.8, 4) is 28.1 Å². The summed E-state index contributed by atoms with van der Waals surface area (Å²) in [4.78, 5) is 23.0. The molecule has 2 aliphatic rings. The number of rotatable bonds is 8. The number of amides is 1. The number of benzene rings is 1. The van der Waals surface area contributed by atoms with Gasteiger partial charge in [0.15, 0.2) is 5.01 Å². The van der Waals surface area contributed by atoms with Crippen LogP contribution in [0.1, 0.15) is 28.5 Å². The van der Waals surface area contributed by atoms with Crippen LogP contribution in [0.2, 0.25) is 0 Å². The Hall–Kier alpha value is -2.79. The molecule has 0 aliphatic carbocycles. The van der Waals surface area contributed by atoms with Crippen molar-refractivity contribution < 1.29 is 19.4 Å². The van der Waals surface area contributed by atoms with E-state index in [9.17, 15) is 9.90 Å². The quantitative estimate of drug-likeness (QED) is 0.497. The minimum Gasteiger partial charge on any atom is -0.492 e. The van der Waals surface area contributed by atoms with Gasteiger partial charge in [0.2, 0.25) is 0 Å². The number of fused-ring (bicyclic) bond motifs is 3. The normalized spacial score (nSPS) is 15.8. The first-order chi connectivity index (χ1) is 17.5. The first-order valence-electron chi connectivity index (χ1n) is 12.5. The van der Waals surface area contributed by atoms with Gasteiger partial charge in [-0.05, 0) is 31.5 Å². The average Bonchev–Trinajstić information content (AvgIpc) is 3.50. The Kier molecular flexibility index (Phi) is 7.66. The molecule has 2 aliphatic heterocycles. The molecule has 1 saturated heterocycles. The van der Waals surface area contributed by atoms with E-state index in [0.717, 1.165) is 72.4 Å². The monoisotopic (exact) mass is 511 g/mol. The first kappa shape index (κ1) is 24.9. The molecule has 192 valence electrons. The van der Waals surface area contributed by atoms with E-state index in [2.05, 4.69) is 22.3 Å². The zero-order valence-corrected chi connectivity index (χ0v) is 21.7. The number of hydrogen-bond acceptors (Lipinski definition) is 8. The molecule has 0 atom stereocenters. The Morgan fingerprint density at radius 3 is 2.81 bits per heavy atom. The second-order valence-electron chi connectivity index (χ2n) is 9.36. The second-order valence-corrected chi connectivity index (χ2v) is 10.4. The Morgan fingerprint density at radius 1 is 1.19 bits per heavy atom. The van der Waals surface area contributed by atoms with Crippen LogP contribution >= 0.6 is 11.3 Å². The summed E-state index contributed by atoms with van der Waals surface area (Å²) in [5.74, 6) is 0.633.